The molecule has 0 unspecified atom stereocenters. The van der Waals surface area contributed by atoms with Gasteiger partial charge in [0.15, 0.2) is 5.89 Å². The molecule has 0 aromatic carbocycles. The Hall–Kier alpha value is -1.64. The van der Waals surface area contributed by atoms with Crippen LogP contribution >= 0.6 is 0 Å². The summed E-state index contributed by atoms with van der Waals surface area (Å²) in [4.78, 5) is 8.56. The summed E-state index contributed by atoms with van der Waals surface area (Å²) in [6.45, 7) is 4.34. The molecule has 0 fully saturated rings. The van der Waals surface area contributed by atoms with E-state index >= 15 is 0 Å². The predicted octanol–water partition coefficient (Wildman–Crippen LogP) is 3.56. The quantitative estimate of drug-likeness (QED) is 0.788. The molecule has 2 aromatic rings. The molecule has 0 bridgehead atoms. The van der Waals surface area contributed by atoms with Crippen molar-refractivity contribution in [3.05, 3.63) is 47.9 Å². The molecule has 0 atom stereocenters. The summed E-state index contributed by atoms with van der Waals surface area (Å²) >= 11 is 0. The summed E-state index contributed by atoms with van der Waals surface area (Å²) in [5.41, 5.74) is 2.21. The van der Waals surface area contributed by atoms with Crippen molar-refractivity contribution >= 4 is 0 Å². The molecule has 3 heteroatoms. The van der Waals surface area contributed by atoms with Crippen LogP contribution in [0.4, 0.5) is 0 Å². The van der Waals surface area contributed by atoms with Gasteiger partial charge < -0.3 is 4.42 Å². The first kappa shape index (κ1) is 11.8. The summed E-state index contributed by atoms with van der Waals surface area (Å²) in [6.07, 6.45) is 8.34. The van der Waals surface area contributed by atoms with Gasteiger partial charge in [-0.3, -0.25) is 4.98 Å². The first-order valence-corrected chi connectivity index (χ1v) is 6.16. The van der Waals surface area contributed by atoms with Crippen LogP contribution in [0, 0.1) is 0 Å². The van der Waals surface area contributed by atoms with E-state index < -0.39 is 0 Å². The molecule has 3 nitrogen and oxygen atoms in total. The Morgan fingerprint density at radius 1 is 1.18 bits per heavy atom. The van der Waals surface area contributed by atoms with Crippen LogP contribution in [0.5, 0.6) is 0 Å². The largest absolute Gasteiger partial charge is 0.448 e. The highest BCUT2D eigenvalue weighted by molar-refractivity contribution is 5.17. The molecule has 0 aliphatic heterocycles. The molecule has 2 heterocycles. The van der Waals surface area contributed by atoms with E-state index in [4.69, 9.17) is 4.42 Å². The van der Waals surface area contributed by atoms with Crippen molar-refractivity contribution in [3.63, 3.8) is 0 Å². The fourth-order valence-corrected chi connectivity index (χ4v) is 1.94. The highest BCUT2D eigenvalue weighted by Gasteiger charge is 2.13. The molecule has 0 saturated carbocycles. The predicted molar refractivity (Wildman–Crippen MR) is 66.9 cm³/mol. The molecule has 0 aliphatic carbocycles. The highest BCUT2D eigenvalue weighted by atomic mass is 16.3. The lowest BCUT2D eigenvalue weighted by Gasteiger charge is -2.05. The summed E-state index contributed by atoms with van der Waals surface area (Å²) in [7, 11) is 0. The van der Waals surface area contributed by atoms with Gasteiger partial charge in [0, 0.05) is 24.7 Å². The normalized spacial score (nSPS) is 11.0. The highest BCUT2D eigenvalue weighted by Crippen LogP contribution is 2.22. The van der Waals surface area contributed by atoms with Gasteiger partial charge in [0.1, 0.15) is 6.26 Å². The van der Waals surface area contributed by atoms with Gasteiger partial charge >= 0.3 is 0 Å². The molecule has 2 aromatic heterocycles. The summed E-state index contributed by atoms with van der Waals surface area (Å²) < 4.78 is 5.55. The topological polar surface area (TPSA) is 38.9 Å². The van der Waals surface area contributed by atoms with Crippen LogP contribution < -0.4 is 0 Å². The van der Waals surface area contributed by atoms with Gasteiger partial charge in [-0.25, -0.2) is 4.98 Å². The van der Waals surface area contributed by atoms with E-state index in [1.165, 1.54) is 5.56 Å². The summed E-state index contributed by atoms with van der Waals surface area (Å²) in [5, 5.41) is 0. The van der Waals surface area contributed by atoms with E-state index in [0.717, 1.165) is 30.8 Å². The zero-order valence-electron chi connectivity index (χ0n) is 10.4. The molecular weight excluding hydrogens is 212 g/mol. The Morgan fingerprint density at radius 2 is 1.88 bits per heavy atom. The van der Waals surface area contributed by atoms with E-state index in [9.17, 15) is 0 Å². The van der Waals surface area contributed by atoms with Crippen molar-refractivity contribution in [2.45, 2.75) is 39.0 Å². The van der Waals surface area contributed by atoms with Crippen LogP contribution in [0.25, 0.3) is 0 Å². The first-order valence-electron chi connectivity index (χ1n) is 6.16. The number of hydrogen-bond donors (Lipinski definition) is 0. The zero-order chi connectivity index (χ0) is 12.1. The average molecular weight is 230 g/mol. The monoisotopic (exact) mass is 230 g/mol. The number of rotatable bonds is 5. The number of nitrogens with zero attached hydrogens (tertiary/aromatic N) is 2. The number of oxazole rings is 1. The average Bonchev–Trinajstić information content (AvgIpc) is 2.81. The fraction of sp³-hybridized carbons (Fsp3) is 0.429. The van der Waals surface area contributed by atoms with Crippen LogP contribution in [-0.2, 0) is 6.42 Å². The molecule has 0 amide bonds. The molecule has 0 radical (unpaired) electrons. The maximum atomic E-state index is 5.55. The van der Waals surface area contributed by atoms with Gasteiger partial charge in [0.25, 0.3) is 0 Å². The standard InChI is InChI=1S/C14H18N2O/c1-3-12(4-2)14-16-13(10-17-14)9-11-5-7-15-8-6-11/h5-8,10,12H,3-4,9H2,1-2H3. The van der Waals surface area contributed by atoms with Gasteiger partial charge in [-0.1, -0.05) is 13.8 Å². The Balaban J connectivity index is 2.08. The van der Waals surface area contributed by atoms with E-state index in [2.05, 4.69) is 23.8 Å². The summed E-state index contributed by atoms with van der Waals surface area (Å²) in [6, 6.07) is 4.01. The lowest BCUT2D eigenvalue weighted by molar-refractivity contribution is 0.431. The molecule has 0 N–H and O–H groups in total. The first-order chi connectivity index (χ1) is 8.33. The Labute approximate surface area is 102 Å². The van der Waals surface area contributed by atoms with Crippen LogP contribution in [0.2, 0.25) is 0 Å². The minimum atomic E-state index is 0.446. The summed E-state index contributed by atoms with van der Waals surface area (Å²) in [5.74, 6) is 1.32. The SMILES string of the molecule is CCC(CC)c1nc(Cc2ccncc2)co1. The lowest BCUT2D eigenvalue weighted by Crippen LogP contribution is -1.96. The number of pyridine rings is 1. The Bertz CT molecular complexity index is 446. The van der Waals surface area contributed by atoms with Gasteiger partial charge in [-0.2, -0.15) is 0 Å². The fourth-order valence-electron chi connectivity index (χ4n) is 1.94. The molecule has 0 saturated heterocycles. The Kier molecular flexibility index (Phi) is 3.91. The second-order valence-electron chi connectivity index (χ2n) is 4.22. The molecule has 90 valence electrons. The van der Waals surface area contributed by atoms with Gasteiger partial charge in [0.05, 0.1) is 5.69 Å². The van der Waals surface area contributed by atoms with Crippen LogP contribution in [0.15, 0.2) is 35.2 Å². The zero-order valence-corrected chi connectivity index (χ0v) is 10.4. The second kappa shape index (κ2) is 5.62. The van der Waals surface area contributed by atoms with Crippen LogP contribution in [-0.4, -0.2) is 9.97 Å². The van der Waals surface area contributed by atoms with E-state index in [1.807, 2.05) is 12.1 Å². The van der Waals surface area contributed by atoms with E-state index in [0.29, 0.717) is 5.92 Å². The van der Waals surface area contributed by atoms with Crippen molar-refractivity contribution in [2.75, 3.05) is 0 Å². The smallest absolute Gasteiger partial charge is 0.197 e. The van der Waals surface area contributed by atoms with Gasteiger partial charge in [0.2, 0.25) is 0 Å². The van der Waals surface area contributed by atoms with Gasteiger partial charge in [-0.05, 0) is 30.5 Å². The van der Waals surface area contributed by atoms with Crippen molar-refractivity contribution in [1.29, 1.82) is 0 Å². The van der Waals surface area contributed by atoms with Crippen molar-refractivity contribution in [2.24, 2.45) is 0 Å². The maximum absolute atomic E-state index is 5.55. The number of hydrogen-bond acceptors (Lipinski definition) is 3. The molecule has 17 heavy (non-hydrogen) atoms. The number of aromatic nitrogens is 2. The van der Waals surface area contributed by atoms with Crippen molar-refractivity contribution in [1.82, 2.24) is 9.97 Å². The Morgan fingerprint density at radius 3 is 2.53 bits per heavy atom. The van der Waals surface area contributed by atoms with Crippen molar-refractivity contribution < 1.29 is 4.42 Å². The van der Waals surface area contributed by atoms with Crippen LogP contribution in [0.1, 0.15) is 49.8 Å². The van der Waals surface area contributed by atoms with Crippen LogP contribution in [0.3, 0.4) is 0 Å². The minimum Gasteiger partial charge on any atom is -0.448 e. The third kappa shape index (κ3) is 2.93. The maximum Gasteiger partial charge on any atom is 0.197 e. The third-order valence-electron chi connectivity index (χ3n) is 3.04. The second-order valence-corrected chi connectivity index (χ2v) is 4.22. The molecule has 2 rings (SSSR count). The molecule has 0 aliphatic rings. The van der Waals surface area contributed by atoms with Gasteiger partial charge in [-0.15, -0.1) is 0 Å². The van der Waals surface area contributed by atoms with Crippen molar-refractivity contribution in [3.8, 4) is 0 Å². The lowest BCUT2D eigenvalue weighted by atomic mass is 10.0. The molecule has 0 spiro atoms. The van der Waals surface area contributed by atoms with E-state index in [1.54, 1.807) is 18.7 Å². The molecular formula is C14H18N2O. The minimum absolute atomic E-state index is 0.446. The third-order valence-corrected chi connectivity index (χ3v) is 3.04. The van der Waals surface area contributed by atoms with E-state index in [-0.39, 0.29) is 0 Å².